The monoisotopic (exact) mass is 436 g/mol. The van der Waals surface area contributed by atoms with Crippen LogP contribution in [-0.2, 0) is 6.42 Å². The summed E-state index contributed by atoms with van der Waals surface area (Å²) in [6, 6.07) is 11.9. The molecule has 0 bridgehead atoms. The highest BCUT2D eigenvalue weighted by molar-refractivity contribution is 5.86. The highest BCUT2D eigenvalue weighted by Crippen LogP contribution is 2.37. The second kappa shape index (κ2) is 8.82. The van der Waals surface area contributed by atoms with Crippen molar-refractivity contribution in [2.75, 3.05) is 13.7 Å². The zero-order chi connectivity index (χ0) is 22.8. The summed E-state index contributed by atoms with van der Waals surface area (Å²) < 4.78 is 24.7. The van der Waals surface area contributed by atoms with Crippen LogP contribution in [0.25, 0.3) is 17.0 Å². The molecule has 2 heterocycles. The first-order valence-electron chi connectivity index (χ1n) is 10.5. The van der Waals surface area contributed by atoms with Gasteiger partial charge in [0, 0.05) is 17.8 Å². The maximum absolute atomic E-state index is 14.2. The van der Waals surface area contributed by atoms with Crippen molar-refractivity contribution in [3.05, 3.63) is 71.0 Å². The molecule has 0 saturated carbocycles. The van der Waals surface area contributed by atoms with Crippen molar-refractivity contribution in [3.8, 4) is 17.1 Å². The molecule has 8 heteroatoms. The van der Waals surface area contributed by atoms with Gasteiger partial charge in [-0.25, -0.2) is 9.18 Å². The lowest BCUT2D eigenvalue weighted by molar-refractivity contribution is 0.207. The fourth-order valence-electron chi connectivity index (χ4n) is 3.89. The second-order valence-corrected chi connectivity index (χ2v) is 7.49. The number of hydrogen-bond donors (Lipinski definition) is 1. The Morgan fingerprint density at radius 3 is 2.56 bits per heavy atom. The molecule has 32 heavy (non-hydrogen) atoms. The number of ether oxygens (including phenoxy) is 1. The number of carbonyl (C=O) groups is 1. The van der Waals surface area contributed by atoms with Crippen molar-refractivity contribution >= 4 is 11.6 Å². The second-order valence-electron chi connectivity index (χ2n) is 7.49. The summed E-state index contributed by atoms with van der Waals surface area (Å²) in [7, 11) is 1.41. The molecule has 0 saturated heterocycles. The van der Waals surface area contributed by atoms with Gasteiger partial charge in [0.2, 0.25) is 5.82 Å². The van der Waals surface area contributed by atoms with Gasteiger partial charge in [0.1, 0.15) is 0 Å². The number of nitrogens with one attached hydrogen (secondary N) is 1. The normalized spacial score (nSPS) is 16.3. The van der Waals surface area contributed by atoms with Gasteiger partial charge >= 0.3 is 6.03 Å². The maximum Gasteiger partial charge on any atom is 0.322 e. The first kappa shape index (κ1) is 21.5. The Balaban J connectivity index is 1.78. The summed E-state index contributed by atoms with van der Waals surface area (Å²) in [4.78, 5) is 18.9. The van der Waals surface area contributed by atoms with Crippen LogP contribution >= 0.6 is 0 Å². The van der Waals surface area contributed by atoms with E-state index in [2.05, 4.69) is 22.4 Å². The zero-order valence-corrected chi connectivity index (χ0v) is 18.5. The predicted molar refractivity (Wildman–Crippen MR) is 118 cm³/mol. The lowest BCUT2D eigenvalue weighted by atomic mass is 9.94. The van der Waals surface area contributed by atoms with Crippen molar-refractivity contribution in [2.24, 2.45) is 0 Å². The van der Waals surface area contributed by atoms with Gasteiger partial charge in [0.05, 0.1) is 18.7 Å². The first-order chi connectivity index (χ1) is 15.5. The molecule has 1 aliphatic rings. The van der Waals surface area contributed by atoms with Crippen LogP contribution in [0.1, 0.15) is 43.8 Å². The Morgan fingerprint density at radius 2 is 1.94 bits per heavy atom. The van der Waals surface area contributed by atoms with Crippen LogP contribution in [0.5, 0.6) is 5.75 Å². The van der Waals surface area contributed by atoms with Gasteiger partial charge in [-0.15, -0.1) is 0 Å². The SMILES string of the molecule is CCc1ccc(C2NC(=O)N(CC)C(C)=C2c2nc(-c3ccc(OC)c(F)c3)no2)cc1. The predicted octanol–water partition coefficient (Wildman–Crippen LogP) is 4.96. The van der Waals surface area contributed by atoms with Crippen LogP contribution < -0.4 is 10.1 Å². The highest BCUT2D eigenvalue weighted by Gasteiger charge is 2.35. The fourth-order valence-corrected chi connectivity index (χ4v) is 3.89. The van der Waals surface area contributed by atoms with Gasteiger partial charge in [0.25, 0.3) is 5.89 Å². The van der Waals surface area contributed by atoms with Crippen molar-refractivity contribution in [2.45, 2.75) is 33.2 Å². The smallest absolute Gasteiger partial charge is 0.322 e. The number of urea groups is 1. The lowest BCUT2D eigenvalue weighted by Crippen LogP contribution is -2.45. The number of rotatable bonds is 6. The molecule has 0 fully saturated rings. The van der Waals surface area contributed by atoms with E-state index < -0.39 is 11.9 Å². The Morgan fingerprint density at radius 1 is 1.19 bits per heavy atom. The average Bonchev–Trinajstić information content (AvgIpc) is 3.28. The van der Waals surface area contributed by atoms with Crippen LogP contribution in [0.15, 0.2) is 52.7 Å². The quantitative estimate of drug-likeness (QED) is 0.590. The molecule has 1 unspecified atom stereocenters. The van der Waals surface area contributed by atoms with E-state index in [0.717, 1.165) is 17.7 Å². The first-order valence-corrected chi connectivity index (χ1v) is 10.5. The Hall–Kier alpha value is -3.68. The van der Waals surface area contributed by atoms with E-state index in [9.17, 15) is 9.18 Å². The topological polar surface area (TPSA) is 80.5 Å². The number of aryl methyl sites for hydroxylation is 1. The standard InChI is InChI=1S/C24H25FN4O3/c1-5-15-7-9-16(10-8-15)21-20(14(3)29(6-2)24(30)26-21)23-27-22(28-32-23)17-11-12-19(31-4)18(25)13-17/h7-13,21H,5-6H2,1-4H3,(H,26,30). The lowest BCUT2D eigenvalue weighted by Gasteiger charge is -2.34. The molecule has 1 atom stereocenters. The molecule has 1 N–H and O–H groups in total. The van der Waals surface area contributed by atoms with Gasteiger partial charge in [-0.1, -0.05) is 36.3 Å². The van der Waals surface area contributed by atoms with Gasteiger partial charge in [-0.2, -0.15) is 4.98 Å². The van der Waals surface area contributed by atoms with E-state index in [1.165, 1.54) is 24.8 Å². The average molecular weight is 436 g/mol. The summed E-state index contributed by atoms with van der Waals surface area (Å²) in [5.41, 5.74) is 4.03. The van der Waals surface area contributed by atoms with Crippen LogP contribution in [0.2, 0.25) is 0 Å². The number of halogens is 1. The number of nitrogens with zero attached hydrogens (tertiary/aromatic N) is 3. The van der Waals surface area contributed by atoms with E-state index in [1.807, 2.05) is 38.1 Å². The molecule has 0 spiro atoms. The minimum absolute atomic E-state index is 0.139. The molecule has 0 aliphatic carbocycles. The van der Waals surface area contributed by atoms with Gasteiger partial charge in [-0.05, 0) is 49.6 Å². The number of aromatic nitrogens is 2. The molecule has 166 valence electrons. The van der Waals surface area contributed by atoms with E-state index in [0.29, 0.717) is 17.7 Å². The van der Waals surface area contributed by atoms with Gasteiger partial charge in [-0.3, -0.25) is 4.90 Å². The number of allylic oxidation sites excluding steroid dienone is 1. The molecule has 4 rings (SSSR count). The summed E-state index contributed by atoms with van der Waals surface area (Å²) in [5, 5.41) is 7.11. The van der Waals surface area contributed by atoms with E-state index in [4.69, 9.17) is 9.26 Å². The summed E-state index contributed by atoms with van der Waals surface area (Å²) in [6.45, 7) is 6.35. The molecule has 2 aromatic carbocycles. The summed E-state index contributed by atoms with van der Waals surface area (Å²) in [6.07, 6.45) is 0.925. The van der Waals surface area contributed by atoms with Gasteiger partial charge < -0.3 is 14.6 Å². The van der Waals surface area contributed by atoms with Crippen LogP contribution in [0.3, 0.4) is 0 Å². The summed E-state index contributed by atoms with van der Waals surface area (Å²) in [5.74, 6) is 0.154. The zero-order valence-electron chi connectivity index (χ0n) is 18.5. The minimum atomic E-state index is -0.511. The third kappa shape index (κ3) is 3.84. The van der Waals surface area contributed by atoms with Gasteiger partial charge in [0.15, 0.2) is 11.6 Å². The third-order valence-electron chi connectivity index (χ3n) is 5.70. The number of carbonyl (C=O) groups excluding carboxylic acids is 1. The maximum atomic E-state index is 14.2. The van der Waals surface area contributed by atoms with Crippen molar-refractivity contribution in [1.29, 1.82) is 0 Å². The van der Waals surface area contributed by atoms with Crippen molar-refractivity contribution < 1.29 is 18.4 Å². The van der Waals surface area contributed by atoms with Crippen molar-refractivity contribution in [1.82, 2.24) is 20.4 Å². The number of methoxy groups -OCH3 is 1. The van der Waals surface area contributed by atoms with Crippen LogP contribution in [-0.4, -0.2) is 34.7 Å². The molecule has 0 radical (unpaired) electrons. The Bertz CT molecular complexity index is 1170. The van der Waals surface area contributed by atoms with Crippen molar-refractivity contribution in [3.63, 3.8) is 0 Å². The Kier molecular flexibility index (Phi) is 5.94. The fraction of sp³-hybridized carbons (Fsp3) is 0.292. The van der Waals surface area contributed by atoms with E-state index in [1.54, 1.807) is 11.0 Å². The molecule has 7 nitrogen and oxygen atoms in total. The summed E-state index contributed by atoms with van der Waals surface area (Å²) >= 11 is 0. The van der Waals surface area contributed by atoms with Crippen LogP contribution in [0.4, 0.5) is 9.18 Å². The van der Waals surface area contributed by atoms with Crippen LogP contribution in [0, 0.1) is 5.82 Å². The molecule has 2 amide bonds. The minimum Gasteiger partial charge on any atom is -0.494 e. The Labute approximate surface area is 185 Å². The van der Waals surface area contributed by atoms with E-state index in [-0.39, 0.29) is 23.5 Å². The molecule has 1 aromatic heterocycles. The number of amides is 2. The molecular formula is C24H25FN4O3. The molecular weight excluding hydrogens is 411 g/mol. The molecule has 3 aromatic rings. The number of hydrogen-bond acceptors (Lipinski definition) is 5. The molecule has 1 aliphatic heterocycles. The van der Waals surface area contributed by atoms with E-state index >= 15 is 0 Å². The highest BCUT2D eigenvalue weighted by atomic mass is 19.1. The number of benzene rings is 2. The third-order valence-corrected chi connectivity index (χ3v) is 5.70. The largest absolute Gasteiger partial charge is 0.494 e.